The van der Waals surface area contributed by atoms with Gasteiger partial charge in [-0.25, -0.2) is 4.98 Å². The van der Waals surface area contributed by atoms with E-state index >= 15 is 0 Å². The quantitative estimate of drug-likeness (QED) is 0.707. The maximum absolute atomic E-state index is 5.49. The van der Waals surface area contributed by atoms with E-state index in [2.05, 4.69) is 35.6 Å². The molecule has 0 unspecified atom stereocenters. The minimum atomic E-state index is 0.0425. The standard InChI is InChI=1S/C9H16N4/c1-9(2,3)13(4)7-5-6-11-8(10)12-7/h5-6H,1-4H3,(H2,10,11,12). The summed E-state index contributed by atoms with van der Waals surface area (Å²) < 4.78 is 0. The molecule has 0 aliphatic heterocycles. The fraction of sp³-hybridized carbons (Fsp3) is 0.556. The van der Waals surface area contributed by atoms with Gasteiger partial charge in [0.1, 0.15) is 5.82 Å². The predicted molar refractivity (Wildman–Crippen MR) is 54.6 cm³/mol. The maximum atomic E-state index is 5.49. The monoisotopic (exact) mass is 180 g/mol. The molecule has 0 aromatic carbocycles. The zero-order valence-corrected chi connectivity index (χ0v) is 8.57. The van der Waals surface area contributed by atoms with Gasteiger partial charge in [0.2, 0.25) is 5.95 Å². The van der Waals surface area contributed by atoms with Crippen LogP contribution in [0.15, 0.2) is 12.3 Å². The third-order valence-corrected chi connectivity index (χ3v) is 2.01. The third kappa shape index (κ3) is 2.31. The predicted octanol–water partition coefficient (Wildman–Crippen LogP) is 1.29. The molecule has 2 N–H and O–H groups in total. The van der Waals surface area contributed by atoms with Gasteiger partial charge in [0.15, 0.2) is 0 Å². The zero-order valence-electron chi connectivity index (χ0n) is 8.57. The highest BCUT2D eigenvalue weighted by molar-refractivity contribution is 5.42. The van der Waals surface area contributed by atoms with Crippen molar-refractivity contribution in [1.82, 2.24) is 9.97 Å². The lowest BCUT2D eigenvalue weighted by Crippen LogP contribution is -2.38. The molecule has 72 valence electrons. The summed E-state index contributed by atoms with van der Waals surface area (Å²) in [7, 11) is 1.99. The van der Waals surface area contributed by atoms with Gasteiger partial charge in [-0.3, -0.25) is 0 Å². The summed E-state index contributed by atoms with van der Waals surface area (Å²) in [5.41, 5.74) is 5.53. The second kappa shape index (κ2) is 3.20. The molecule has 1 heterocycles. The number of hydrogen-bond acceptors (Lipinski definition) is 4. The average Bonchev–Trinajstić information content (AvgIpc) is 2.01. The highest BCUT2D eigenvalue weighted by atomic mass is 15.2. The van der Waals surface area contributed by atoms with E-state index in [0.29, 0.717) is 5.95 Å². The molecule has 0 aliphatic carbocycles. The zero-order chi connectivity index (χ0) is 10.1. The Morgan fingerprint density at radius 3 is 2.46 bits per heavy atom. The van der Waals surface area contributed by atoms with Crippen molar-refractivity contribution >= 4 is 11.8 Å². The van der Waals surface area contributed by atoms with E-state index in [1.807, 2.05) is 13.1 Å². The van der Waals surface area contributed by atoms with Crippen LogP contribution in [0.1, 0.15) is 20.8 Å². The topological polar surface area (TPSA) is 55.0 Å². The summed E-state index contributed by atoms with van der Waals surface area (Å²) in [6.45, 7) is 6.35. The molecular formula is C9H16N4. The molecule has 0 atom stereocenters. The summed E-state index contributed by atoms with van der Waals surface area (Å²) >= 11 is 0. The Bertz CT molecular complexity index is 290. The second-order valence-corrected chi connectivity index (χ2v) is 4.00. The Kier molecular flexibility index (Phi) is 2.40. The highest BCUT2D eigenvalue weighted by Crippen LogP contribution is 2.18. The maximum Gasteiger partial charge on any atom is 0.221 e. The lowest BCUT2D eigenvalue weighted by molar-refractivity contribution is 0.534. The normalized spacial score (nSPS) is 11.4. The van der Waals surface area contributed by atoms with Crippen molar-refractivity contribution in [3.63, 3.8) is 0 Å². The van der Waals surface area contributed by atoms with Crippen molar-refractivity contribution in [2.75, 3.05) is 17.7 Å². The Morgan fingerprint density at radius 2 is 2.00 bits per heavy atom. The number of nitrogens with zero attached hydrogens (tertiary/aromatic N) is 3. The molecule has 0 fully saturated rings. The van der Waals surface area contributed by atoms with E-state index in [1.165, 1.54) is 0 Å². The smallest absolute Gasteiger partial charge is 0.221 e. The summed E-state index contributed by atoms with van der Waals surface area (Å²) in [6, 6.07) is 1.85. The van der Waals surface area contributed by atoms with Crippen LogP contribution in [0, 0.1) is 0 Å². The number of aromatic nitrogens is 2. The van der Waals surface area contributed by atoms with Gasteiger partial charge in [0.05, 0.1) is 0 Å². The van der Waals surface area contributed by atoms with Crippen LogP contribution in [0.5, 0.6) is 0 Å². The Morgan fingerprint density at radius 1 is 1.38 bits per heavy atom. The SMILES string of the molecule is CN(c1ccnc(N)n1)C(C)(C)C. The van der Waals surface area contributed by atoms with E-state index in [9.17, 15) is 0 Å². The van der Waals surface area contributed by atoms with Crippen LogP contribution in [-0.4, -0.2) is 22.6 Å². The number of anilines is 2. The average molecular weight is 180 g/mol. The molecule has 0 saturated heterocycles. The number of nitrogens with two attached hydrogens (primary N) is 1. The first-order valence-corrected chi connectivity index (χ1v) is 4.23. The Labute approximate surface area is 78.8 Å². The number of rotatable bonds is 1. The summed E-state index contributed by atoms with van der Waals surface area (Å²) in [5, 5.41) is 0. The van der Waals surface area contributed by atoms with Crippen LogP contribution in [0.3, 0.4) is 0 Å². The molecule has 4 nitrogen and oxygen atoms in total. The van der Waals surface area contributed by atoms with Gasteiger partial charge < -0.3 is 10.6 Å². The molecule has 0 bridgehead atoms. The van der Waals surface area contributed by atoms with Gasteiger partial charge in [-0.2, -0.15) is 4.98 Å². The molecule has 0 saturated carbocycles. The van der Waals surface area contributed by atoms with Crippen molar-refractivity contribution in [3.05, 3.63) is 12.3 Å². The molecule has 0 radical (unpaired) electrons. The third-order valence-electron chi connectivity index (χ3n) is 2.01. The molecule has 1 aromatic rings. The Hall–Kier alpha value is -1.32. The van der Waals surface area contributed by atoms with Crippen LogP contribution in [-0.2, 0) is 0 Å². The lowest BCUT2D eigenvalue weighted by atomic mass is 10.1. The van der Waals surface area contributed by atoms with Crippen molar-refractivity contribution in [2.45, 2.75) is 26.3 Å². The van der Waals surface area contributed by atoms with Crippen LogP contribution in [0.2, 0.25) is 0 Å². The molecular weight excluding hydrogens is 164 g/mol. The van der Waals surface area contributed by atoms with Crippen LogP contribution in [0.25, 0.3) is 0 Å². The molecule has 4 heteroatoms. The van der Waals surface area contributed by atoms with E-state index in [0.717, 1.165) is 5.82 Å². The van der Waals surface area contributed by atoms with Crippen LogP contribution < -0.4 is 10.6 Å². The van der Waals surface area contributed by atoms with E-state index < -0.39 is 0 Å². The molecule has 0 aliphatic rings. The van der Waals surface area contributed by atoms with E-state index in [4.69, 9.17) is 5.73 Å². The largest absolute Gasteiger partial charge is 0.368 e. The molecule has 0 amide bonds. The fourth-order valence-electron chi connectivity index (χ4n) is 0.894. The van der Waals surface area contributed by atoms with E-state index in [1.54, 1.807) is 6.20 Å². The van der Waals surface area contributed by atoms with Gasteiger partial charge in [0, 0.05) is 18.8 Å². The molecule has 0 spiro atoms. The van der Waals surface area contributed by atoms with Crippen molar-refractivity contribution in [2.24, 2.45) is 0 Å². The number of hydrogen-bond donors (Lipinski definition) is 1. The molecule has 1 rings (SSSR count). The molecule has 13 heavy (non-hydrogen) atoms. The summed E-state index contributed by atoms with van der Waals surface area (Å²) in [6.07, 6.45) is 1.67. The van der Waals surface area contributed by atoms with Gasteiger partial charge in [-0.15, -0.1) is 0 Å². The highest BCUT2D eigenvalue weighted by Gasteiger charge is 2.18. The van der Waals surface area contributed by atoms with Gasteiger partial charge in [0.25, 0.3) is 0 Å². The second-order valence-electron chi connectivity index (χ2n) is 4.00. The Balaban J connectivity index is 2.96. The fourth-order valence-corrected chi connectivity index (χ4v) is 0.894. The van der Waals surface area contributed by atoms with Crippen LogP contribution in [0.4, 0.5) is 11.8 Å². The first kappa shape index (κ1) is 9.77. The first-order valence-electron chi connectivity index (χ1n) is 4.23. The minimum Gasteiger partial charge on any atom is -0.368 e. The summed E-state index contributed by atoms with van der Waals surface area (Å²) in [4.78, 5) is 10.0. The van der Waals surface area contributed by atoms with E-state index in [-0.39, 0.29) is 5.54 Å². The minimum absolute atomic E-state index is 0.0425. The molecule has 1 aromatic heterocycles. The van der Waals surface area contributed by atoms with Crippen LogP contribution >= 0.6 is 0 Å². The van der Waals surface area contributed by atoms with Gasteiger partial charge in [-0.1, -0.05) is 0 Å². The number of nitrogen functional groups attached to an aromatic ring is 1. The summed E-state index contributed by atoms with van der Waals surface area (Å²) in [5.74, 6) is 1.16. The van der Waals surface area contributed by atoms with Crippen molar-refractivity contribution in [3.8, 4) is 0 Å². The van der Waals surface area contributed by atoms with Crippen molar-refractivity contribution < 1.29 is 0 Å². The lowest BCUT2D eigenvalue weighted by Gasteiger charge is -2.32. The van der Waals surface area contributed by atoms with Crippen molar-refractivity contribution in [1.29, 1.82) is 0 Å². The van der Waals surface area contributed by atoms with Gasteiger partial charge >= 0.3 is 0 Å². The van der Waals surface area contributed by atoms with Gasteiger partial charge in [-0.05, 0) is 26.8 Å². The first-order chi connectivity index (χ1) is 5.91.